The predicted octanol–water partition coefficient (Wildman–Crippen LogP) is 4.10. The number of unbranched alkanes of at least 4 members (excludes halogenated alkanes) is 1. The number of aromatic hydroxyl groups is 1. The van der Waals surface area contributed by atoms with Gasteiger partial charge in [-0.05, 0) is 68.0 Å². The van der Waals surface area contributed by atoms with Crippen LogP contribution in [0.1, 0.15) is 62.8 Å². The molecule has 0 saturated carbocycles. The van der Waals surface area contributed by atoms with Gasteiger partial charge >= 0.3 is 0 Å². The first-order valence-corrected chi connectivity index (χ1v) is 11.1. The summed E-state index contributed by atoms with van der Waals surface area (Å²) in [4.78, 5) is 11.7. The molecule has 0 bridgehead atoms. The molecule has 0 spiro atoms. The average molecular weight is 427 g/mol. The van der Waals surface area contributed by atoms with Crippen LogP contribution >= 0.6 is 0 Å². The normalized spacial score (nSPS) is 14.6. The summed E-state index contributed by atoms with van der Waals surface area (Å²) >= 11 is 0. The number of rotatable bonds is 10. The topological polar surface area (TPSA) is 90.8 Å². The molecule has 2 aromatic rings. The van der Waals surface area contributed by atoms with E-state index in [1.165, 1.54) is 11.6 Å². The smallest absolute Gasteiger partial charge is 0.224 e. The van der Waals surface area contributed by atoms with E-state index in [0.717, 1.165) is 42.7 Å². The van der Waals surface area contributed by atoms with Crippen molar-refractivity contribution in [1.82, 2.24) is 5.32 Å². The third-order valence-electron chi connectivity index (χ3n) is 5.66. The van der Waals surface area contributed by atoms with Crippen molar-refractivity contribution in [2.24, 2.45) is 0 Å². The average Bonchev–Trinajstić information content (AvgIpc) is 2.74. The number of phenols is 1. The first kappa shape index (κ1) is 23.1. The SMILES string of the molecule is CCCCOc1ccc(CC(C)(C)NCC(O)c2ccc(O)c3c2CCC(=O)N3)cc1. The molecule has 6 heteroatoms. The lowest BCUT2D eigenvalue weighted by Gasteiger charge is -2.29. The van der Waals surface area contributed by atoms with Crippen molar-refractivity contribution in [3.63, 3.8) is 0 Å². The van der Waals surface area contributed by atoms with E-state index in [1.54, 1.807) is 6.07 Å². The minimum atomic E-state index is -0.738. The zero-order valence-electron chi connectivity index (χ0n) is 18.7. The van der Waals surface area contributed by atoms with Crippen molar-refractivity contribution < 1.29 is 19.7 Å². The highest BCUT2D eigenvalue weighted by Crippen LogP contribution is 2.36. The maximum atomic E-state index is 11.7. The Morgan fingerprint density at radius 2 is 1.90 bits per heavy atom. The van der Waals surface area contributed by atoms with Crippen LogP contribution in [-0.4, -0.2) is 34.8 Å². The molecule has 1 atom stereocenters. The summed E-state index contributed by atoms with van der Waals surface area (Å²) in [6, 6.07) is 11.4. The first-order chi connectivity index (χ1) is 14.8. The number of phenolic OH excluding ortho intramolecular Hbond substituents is 1. The zero-order chi connectivity index (χ0) is 22.4. The number of carbonyl (C=O) groups excluding carboxylic acids is 1. The minimum absolute atomic E-state index is 0.0365. The van der Waals surface area contributed by atoms with Gasteiger partial charge < -0.3 is 25.6 Å². The molecule has 6 nitrogen and oxygen atoms in total. The summed E-state index contributed by atoms with van der Waals surface area (Å²) in [6.45, 7) is 7.48. The number of hydrogen-bond donors (Lipinski definition) is 4. The highest BCUT2D eigenvalue weighted by Gasteiger charge is 2.25. The second-order valence-electron chi connectivity index (χ2n) is 8.88. The van der Waals surface area contributed by atoms with Crippen molar-refractivity contribution in [1.29, 1.82) is 0 Å². The number of amides is 1. The van der Waals surface area contributed by atoms with Crippen LogP contribution in [0.3, 0.4) is 0 Å². The van der Waals surface area contributed by atoms with Crippen LogP contribution in [-0.2, 0) is 17.6 Å². The Labute approximate surface area is 184 Å². The number of anilines is 1. The van der Waals surface area contributed by atoms with Gasteiger partial charge in [0.2, 0.25) is 5.91 Å². The van der Waals surface area contributed by atoms with E-state index in [-0.39, 0.29) is 17.2 Å². The second kappa shape index (κ2) is 10.2. The summed E-state index contributed by atoms with van der Waals surface area (Å²) in [5.74, 6) is 0.812. The largest absolute Gasteiger partial charge is 0.506 e. The van der Waals surface area contributed by atoms with Crippen LogP contribution in [0.2, 0.25) is 0 Å². The summed E-state index contributed by atoms with van der Waals surface area (Å²) < 4.78 is 5.73. The van der Waals surface area contributed by atoms with Gasteiger partial charge in [0, 0.05) is 18.5 Å². The molecule has 0 saturated heterocycles. The van der Waals surface area contributed by atoms with Gasteiger partial charge in [-0.25, -0.2) is 0 Å². The Kier molecular flexibility index (Phi) is 7.57. The molecule has 2 aromatic carbocycles. The number of nitrogens with one attached hydrogen (secondary N) is 2. The summed E-state index contributed by atoms with van der Waals surface area (Å²) in [5.41, 5.74) is 2.94. The quantitative estimate of drug-likeness (QED) is 0.339. The summed E-state index contributed by atoms with van der Waals surface area (Å²) in [7, 11) is 0. The zero-order valence-corrected chi connectivity index (χ0v) is 18.7. The minimum Gasteiger partial charge on any atom is -0.506 e. The summed E-state index contributed by atoms with van der Waals surface area (Å²) in [5, 5.41) is 27.1. The van der Waals surface area contributed by atoms with Gasteiger partial charge in [0.15, 0.2) is 0 Å². The number of aliphatic hydroxyl groups excluding tert-OH is 1. The molecule has 1 heterocycles. The van der Waals surface area contributed by atoms with Crippen molar-refractivity contribution in [2.45, 2.75) is 64.5 Å². The Bertz CT molecular complexity index is 893. The molecular formula is C25H34N2O4. The molecule has 0 radical (unpaired) electrons. The van der Waals surface area contributed by atoms with Gasteiger partial charge in [-0.2, -0.15) is 0 Å². The maximum Gasteiger partial charge on any atom is 0.224 e. The Hall–Kier alpha value is -2.57. The van der Waals surface area contributed by atoms with E-state index in [1.807, 2.05) is 12.1 Å². The lowest BCUT2D eigenvalue weighted by atomic mass is 9.92. The number of ether oxygens (including phenoxy) is 1. The molecule has 1 unspecified atom stereocenters. The fraction of sp³-hybridized carbons (Fsp3) is 0.480. The van der Waals surface area contributed by atoms with E-state index in [2.05, 4.69) is 43.5 Å². The Balaban J connectivity index is 1.59. The molecule has 0 fully saturated rings. The van der Waals surface area contributed by atoms with Crippen LogP contribution < -0.4 is 15.4 Å². The van der Waals surface area contributed by atoms with Gasteiger partial charge in [0.1, 0.15) is 11.5 Å². The lowest BCUT2D eigenvalue weighted by Crippen LogP contribution is -2.43. The van der Waals surface area contributed by atoms with Crippen molar-refractivity contribution in [2.75, 3.05) is 18.5 Å². The van der Waals surface area contributed by atoms with E-state index >= 15 is 0 Å². The highest BCUT2D eigenvalue weighted by atomic mass is 16.5. The van der Waals surface area contributed by atoms with Gasteiger partial charge in [0.05, 0.1) is 18.4 Å². The monoisotopic (exact) mass is 426 g/mol. The van der Waals surface area contributed by atoms with E-state index < -0.39 is 6.10 Å². The van der Waals surface area contributed by atoms with Crippen molar-refractivity contribution in [3.8, 4) is 11.5 Å². The molecule has 0 aromatic heterocycles. The summed E-state index contributed by atoms with van der Waals surface area (Å²) in [6.07, 6.45) is 3.10. The number of fused-ring (bicyclic) bond motifs is 1. The molecule has 4 N–H and O–H groups in total. The molecule has 0 aliphatic carbocycles. The first-order valence-electron chi connectivity index (χ1n) is 11.1. The molecular weight excluding hydrogens is 392 g/mol. The Morgan fingerprint density at radius 1 is 1.16 bits per heavy atom. The fourth-order valence-corrected chi connectivity index (χ4v) is 3.91. The number of β-amino-alcohol motifs (C(OH)–C–C–N with tert-alkyl or cyclic N) is 1. The third kappa shape index (κ3) is 6.21. The van der Waals surface area contributed by atoms with Gasteiger partial charge in [-0.1, -0.05) is 31.5 Å². The van der Waals surface area contributed by atoms with Crippen molar-refractivity contribution >= 4 is 11.6 Å². The number of benzene rings is 2. The maximum absolute atomic E-state index is 11.7. The van der Waals surface area contributed by atoms with Crippen molar-refractivity contribution in [3.05, 3.63) is 53.1 Å². The number of hydrogen-bond acceptors (Lipinski definition) is 5. The fourth-order valence-electron chi connectivity index (χ4n) is 3.91. The van der Waals surface area contributed by atoms with E-state index in [4.69, 9.17) is 4.74 Å². The van der Waals surface area contributed by atoms with Crippen LogP contribution in [0.4, 0.5) is 5.69 Å². The predicted molar refractivity (Wildman–Crippen MR) is 123 cm³/mol. The Morgan fingerprint density at radius 3 is 2.61 bits per heavy atom. The third-order valence-corrected chi connectivity index (χ3v) is 5.66. The number of carbonyl (C=O) groups is 1. The second-order valence-corrected chi connectivity index (χ2v) is 8.88. The van der Waals surface area contributed by atoms with Crippen LogP contribution in [0.25, 0.3) is 0 Å². The molecule has 1 aliphatic heterocycles. The molecule has 1 amide bonds. The molecule has 31 heavy (non-hydrogen) atoms. The van der Waals surface area contributed by atoms with Crippen LogP contribution in [0.5, 0.6) is 11.5 Å². The standard InChI is InChI=1S/C25H34N2O4/c1-4-5-14-31-18-8-6-17(7-9-18)15-25(2,3)26-16-22(29)19-10-12-21(28)24-20(19)11-13-23(30)27-24/h6-10,12,22,26,28-29H,4-5,11,13-16H2,1-3H3,(H,27,30). The van der Waals surface area contributed by atoms with Gasteiger partial charge in [-0.3, -0.25) is 4.79 Å². The van der Waals surface area contributed by atoms with Gasteiger partial charge in [-0.15, -0.1) is 0 Å². The molecule has 1 aliphatic rings. The van der Waals surface area contributed by atoms with Crippen LogP contribution in [0, 0.1) is 0 Å². The highest BCUT2D eigenvalue weighted by molar-refractivity contribution is 5.96. The van der Waals surface area contributed by atoms with Gasteiger partial charge in [0.25, 0.3) is 0 Å². The molecule has 3 rings (SSSR count). The van der Waals surface area contributed by atoms with E-state index in [9.17, 15) is 15.0 Å². The van der Waals surface area contributed by atoms with E-state index in [0.29, 0.717) is 25.1 Å². The number of aliphatic hydroxyl groups is 1. The molecule has 168 valence electrons. The van der Waals surface area contributed by atoms with Crippen LogP contribution in [0.15, 0.2) is 36.4 Å². The lowest BCUT2D eigenvalue weighted by molar-refractivity contribution is -0.116.